The molecule has 33 heavy (non-hydrogen) atoms. The minimum absolute atomic E-state index is 0.472. The van der Waals surface area contributed by atoms with Crippen LogP contribution in [0.2, 0.25) is 0 Å². The summed E-state index contributed by atoms with van der Waals surface area (Å²) in [5, 5.41) is 16.8. The van der Waals surface area contributed by atoms with Gasteiger partial charge in [0.25, 0.3) is 0 Å². The first-order chi connectivity index (χ1) is 16.2. The third kappa shape index (κ3) is 7.80. The molecular formula is C26H32N4O3. The molecule has 3 aromatic rings. The van der Waals surface area contributed by atoms with Crippen molar-refractivity contribution in [2.45, 2.75) is 32.9 Å². The quantitative estimate of drug-likeness (QED) is 0.297. The summed E-state index contributed by atoms with van der Waals surface area (Å²) < 4.78 is 11.5. The van der Waals surface area contributed by atoms with Crippen molar-refractivity contribution in [3.63, 3.8) is 0 Å². The van der Waals surface area contributed by atoms with Gasteiger partial charge in [-0.25, -0.2) is 9.98 Å². The molecule has 1 atom stereocenters. The lowest BCUT2D eigenvalue weighted by molar-refractivity contribution is 0.168. The molecule has 0 saturated carbocycles. The number of aliphatic hydroxyl groups is 1. The Balaban J connectivity index is 1.53. The zero-order valence-corrected chi connectivity index (χ0v) is 19.2. The highest BCUT2D eigenvalue weighted by Crippen LogP contribution is 2.30. The Morgan fingerprint density at radius 1 is 0.970 bits per heavy atom. The van der Waals surface area contributed by atoms with Gasteiger partial charge in [0.05, 0.1) is 19.3 Å². The summed E-state index contributed by atoms with van der Waals surface area (Å²) in [6.45, 7) is 6.34. The summed E-state index contributed by atoms with van der Waals surface area (Å²) >= 11 is 0. The normalized spacial score (nSPS) is 12.2. The molecule has 0 aliphatic rings. The number of pyridine rings is 1. The molecule has 0 spiro atoms. The van der Waals surface area contributed by atoms with E-state index in [2.05, 4.69) is 20.6 Å². The van der Waals surface area contributed by atoms with Gasteiger partial charge in [0.2, 0.25) is 5.88 Å². The maximum absolute atomic E-state index is 10.3. The van der Waals surface area contributed by atoms with Crippen molar-refractivity contribution < 1.29 is 14.6 Å². The van der Waals surface area contributed by atoms with E-state index in [9.17, 15) is 5.11 Å². The van der Waals surface area contributed by atoms with E-state index in [1.807, 2.05) is 80.6 Å². The third-order valence-electron chi connectivity index (χ3n) is 4.82. The minimum atomic E-state index is -0.508. The molecule has 174 valence electrons. The maximum atomic E-state index is 10.3. The number of nitrogens with one attached hydrogen (secondary N) is 2. The SMILES string of the molecule is CCNC(=NCc1ccc(Oc2ccccc2OCC)nc1)NCCC(O)c1ccccc1. The monoisotopic (exact) mass is 448 g/mol. The van der Waals surface area contributed by atoms with Crippen LogP contribution in [0.5, 0.6) is 17.4 Å². The minimum Gasteiger partial charge on any atom is -0.490 e. The number of aliphatic imine (C=N–C) groups is 1. The standard InChI is InChI=1S/C26H32N4O3/c1-3-27-26(28-17-16-22(31)21-10-6-5-7-11-21)30-19-20-14-15-25(29-18-20)33-24-13-9-8-12-23(24)32-4-2/h5-15,18,22,31H,3-4,16-17,19H2,1-2H3,(H2,27,28,30). The van der Waals surface area contributed by atoms with Gasteiger partial charge in [0.15, 0.2) is 17.5 Å². The zero-order valence-electron chi connectivity index (χ0n) is 19.2. The molecule has 3 rings (SSSR count). The summed E-state index contributed by atoms with van der Waals surface area (Å²) in [6, 6.07) is 21.0. The summed E-state index contributed by atoms with van der Waals surface area (Å²) in [5.41, 5.74) is 1.88. The van der Waals surface area contributed by atoms with E-state index in [1.54, 1.807) is 6.20 Å². The van der Waals surface area contributed by atoms with Gasteiger partial charge in [-0.2, -0.15) is 0 Å². The van der Waals surface area contributed by atoms with E-state index < -0.39 is 6.10 Å². The molecule has 0 saturated heterocycles. The van der Waals surface area contributed by atoms with Crippen LogP contribution in [0.4, 0.5) is 0 Å². The fourth-order valence-corrected chi connectivity index (χ4v) is 3.17. The van der Waals surface area contributed by atoms with Crippen LogP contribution in [0.25, 0.3) is 0 Å². The van der Waals surface area contributed by atoms with E-state index in [1.165, 1.54) is 0 Å². The number of para-hydroxylation sites is 2. The van der Waals surface area contributed by atoms with E-state index in [4.69, 9.17) is 9.47 Å². The van der Waals surface area contributed by atoms with Gasteiger partial charge in [-0.05, 0) is 43.5 Å². The summed E-state index contributed by atoms with van der Waals surface area (Å²) in [7, 11) is 0. The van der Waals surface area contributed by atoms with E-state index in [-0.39, 0.29) is 0 Å². The molecule has 7 heteroatoms. The molecule has 0 amide bonds. The lowest BCUT2D eigenvalue weighted by Gasteiger charge is -2.14. The van der Waals surface area contributed by atoms with Gasteiger partial charge in [-0.1, -0.05) is 48.5 Å². The predicted octanol–water partition coefficient (Wildman–Crippen LogP) is 4.45. The van der Waals surface area contributed by atoms with Gasteiger partial charge in [-0.3, -0.25) is 0 Å². The number of guanidine groups is 1. The van der Waals surface area contributed by atoms with Gasteiger partial charge in [-0.15, -0.1) is 0 Å². The summed E-state index contributed by atoms with van der Waals surface area (Å²) in [4.78, 5) is 9.01. The number of hydrogen-bond acceptors (Lipinski definition) is 5. The Morgan fingerprint density at radius 3 is 2.42 bits per heavy atom. The lowest BCUT2D eigenvalue weighted by Crippen LogP contribution is -2.38. The fraction of sp³-hybridized carbons (Fsp3) is 0.308. The highest BCUT2D eigenvalue weighted by molar-refractivity contribution is 5.79. The van der Waals surface area contributed by atoms with Crippen molar-refractivity contribution in [1.82, 2.24) is 15.6 Å². The van der Waals surface area contributed by atoms with Crippen molar-refractivity contribution in [3.05, 3.63) is 84.1 Å². The van der Waals surface area contributed by atoms with Crippen LogP contribution in [0.3, 0.4) is 0 Å². The molecule has 0 bridgehead atoms. The topological polar surface area (TPSA) is 88.0 Å². The number of nitrogens with zero attached hydrogens (tertiary/aromatic N) is 2. The highest BCUT2D eigenvalue weighted by atomic mass is 16.5. The van der Waals surface area contributed by atoms with E-state index >= 15 is 0 Å². The number of aliphatic hydroxyl groups excluding tert-OH is 1. The van der Waals surface area contributed by atoms with Gasteiger partial charge in [0.1, 0.15) is 0 Å². The first-order valence-corrected chi connectivity index (χ1v) is 11.3. The van der Waals surface area contributed by atoms with Crippen LogP contribution in [0, 0.1) is 0 Å². The Labute approximate surface area is 195 Å². The van der Waals surface area contributed by atoms with Crippen LogP contribution < -0.4 is 20.1 Å². The van der Waals surface area contributed by atoms with Crippen LogP contribution in [-0.2, 0) is 6.54 Å². The number of rotatable bonds is 11. The maximum Gasteiger partial charge on any atom is 0.219 e. The number of hydrogen-bond donors (Lipinski definition) is 3. The van der Waals surface area contributed by atoms with E-state index in [0.29, 0.717) is 49.5 Å². The zero-order chi connectivity index (χ0) is 23.3. The first kappa shape index (κ1) is 24.1. The lowest BCUT2D eigenvalue weighted by atomic mass is 10.1. The average molecular weight is 449 g/mol. The average Bonchev–Trinajstić information content (AvgIpc) is 2.85. The molecule has 2 aromatic carbocycles. The van der Waals surface area contributed by atoms with E-state index in [0.717, 1.165) is 17.7 Å². The number of aromatic nitrogens is 1. The molecule has 1 aromatic heterocycles. The Hall–Kier alpha value is -3.58. The van der Waals surface area contributed by atoms with Crippen molar-refractivity contribution in [2.24, 2.45) is 4.99 Å². The Morgan fingerprint density at radius 2 is 1.73 bits per heavy atom. The summed E-state index contributed by atoms with van der Waals surface area (Å²) in [5.74, 6) is 2.52. The molecule has 3 N–H and O–H groups in total. The second-order valence-corrected chi connectivity index (χ2v) is 7.32. The predicted molar refractivity (Wildman–Crippen MR) is 131 cm³/mol. The summed E-state index contributed by atoms with van der Waals surface area (Å²) in [6.07, 6.45) is 1.84. The molecule has 0 radical (unpaired) electrons. The number of benzene rings is 2. The van der Waals surface area contributed by atoms with Crippen LogP contribution in [0.15, 0.2) is 77.9 Å². The highest BCUT2D eigenvalue weighted by Gasteiger charge is 2.08. The molecule has 0 fully saturated rings. The molecule has 1 heterocycles. The molecule has 0 aliphatic heterocycles. The van der Waals surface area contributed by atoms with Crippen molar-refractivity contribution in [2.75, 3.05) is 19.7 Å². The Kier molecular flexibility index (Phi) is 9.54. The second-order valence-electron chi connectivity index (χ2n) is 7.32. The van der Waals surface area contributed by atoms with Crippen LogP contribution in [-0.4, -0.2) is 35.7 Å². The van der Waals surface area contributed by atoms with Gasteiger partial charge < -0.3 is 25.2 Å². The van der Waals surface area contributed by atoms with Crippen molar-refractivity contribution in [1.29, 1.82) is 0 Å². The molecule has 0 aliphatic carbocycles. The first-order valence-electron chi connectivity index (χ1n) is 11.3. The second kappa shape index (κ2) is 13.1. The largest absolute Gasteiger partial charge is 0.490 e. The molecular weight excluding hydrogens is 416 g/mol. The smallest absolute Gasteiger partial charge is 0.219 e. The van der Waals surface area contributed by atoms with Crippen LogP contribution >= 0.6 is 0 Å². The van der Waals surface area contributed by atoms with Crippen molar-refractivity contribution in [3.8, 4) is 17.4 Å². The van der Waals surface area contributed by atoms with Gasteiger partial charge >= 0.3 is 0 Å². The van der Waals surface area contributed by atoms with Crippen LogP contribution in [0.1, 0.15) is 37.5 Å². The third-order valence-corrected chi connectivity index (χ3v) is 4.82. The molecule has 1 unspecified atom stereocenters. The molecule has 7 nitrogen and oxygen atoms in total. The Bertz CT molecular complexity index is 994. The van der Waals surface area contributed by atoms with Crippen molar-refractivity contribution >= 4 is 5.96 Å². The van der Waals surface area contributed by atoms with Gasteiger partial charge in [0, 0.05) is 25.4 Å². The number of ether oxygens (including phenoxy) is 2. The fourth-order valence-electron chi connectivity index (χ4n) is 3.17.